The van der Waals surface area contributed by atoms with Crippen molar-refractivity contribution in [2.24, 2.45) is 0 Å². The molecule has 2 aliphatic heterocycles. The summed E-state index contributed by atoms with van der Waals surface area (Å²) < 4.78 is 17.8. The van der Waals surface area contributed by atoms with Gasteiger partial charge in [-0.2, -0.15) is 0 Å². The summed E-state index contributed by atoms with van der Waals surface area (Å²) in [4.78, 5) is 0. The van der Waals surface area contributed by atoms with E-state index in [1.165, 1.54) is 0 Å². The third kappa shape index (κ3) is 1.31. The molecule has 90 valence electrons. The van der Waals surface area contributed by atoms with Gasteiger partial charge in [0.05, 0.1) is 18.7 Å². The number of ether oxygens (including phenoxy) is 3. The van der Waals surface area contributed by atoms with Crippen LogP contribution >= 0.6 is 15.9 Å². The molecule has 3 nitrogen and oxygen atoms in total. The molecule has 2 aliphatic rings. The van der Waals surface area contributed by atoms with Crippen molar-refractivity contribution < 1.29 is 14.2 Å². The fourth-order valence-corrected chi connectivity index (χ4v) is 3.58. The molecule has 0 N–H and O–H groups in total. The fourth-order valence-electron chi connectivity index (χ4n) is 2.68. The number of benzene rings is 1. The van der Waals surface area contributed by atoms with E-state index in [9.17, 15) is 0 Å². The van der Waals surface area contributed by atoms with E-state index in [0.717, 1.165) is 32.7 Å². The SMILES string of the molecule is COc1c(C)c(OC)c2c(c1Br)C1C=CC2O1. The quantitative estimate of drug-likeness (QED) is 0.782. The summed E-state index contributed by atoms with van der Waals surface area (Å²) in [6, 6.07) is 0. The van der Waals surface area contributed by atoms with Gasteiger partial charge < -0.3 is 14.2 Å². The van der Waals surface area contributed by atoms with Crippen LogP contribution in [-0.2, 0) is 4.74 Å². The maximum atomic E-state index is 5.84. The van der Waals surface area contributed by atoms with Crippen molar-refractivity contribution in [3.05, 3.63) is 33.3 Å². The van der Waals surface area contributed by atoms with Crippen LogP contribution in [0.4, 0.5) is 0 Å². The molecular weight excluding hydrogens is 284 g/mol. The first-order valence-corrected chi connectivity index (χ1v) is 6.26. The lowest BCUT2D eigenvalue weighted by Crippen LogP contribution is -2.04. The van der Waals surface area contributed by atoms with Crippen LogP contribution in [0.1, 0.15) is 28.9 Å². The second-order valence-corrected chi connectivity index (χ2v) is 4.99. The van der Waals surface area contributed by atoms with Crippen LogP contribution in [0.2, 0.25) is 0 Å². The highest BCUT2D eigenvalue weighted by atomic mass is 79.9. The number of hydrogen-bond acceptors (Lipinski definition) is 3. The Balaban J connectivity index is 2.34. The van der Waals surface area contributed by atoms with Crippen LogP contribution in [0.5, 0.6) is 11.5 Å². The minimum atomic E-state index is 0.0193. The number of hydrogen-bond donors (Lipinski definition) is 0. The van der Waals surface area contributed by atoms with Gasteiger partial charge in [0.25, 0.3) is 0 Å². The van der Waals surface area contributed by atoms with Gasteiger partial charge in [0.15, 0.2) is 0 Å². The minimum Gasteiger partial charge on any atom is -0.496 e. The molecule has 2 atom stereocenters. The summed E-state index contributed by atoms with van der Waals surface area (Å²) in [5, 5.41) is 0. The second-order valence-electron chi connectivity index (χ2n) is 4.20. The van der Waals surface area contributed by atoms with Crippen molar-refractivity contribution in [2.75, 3.05) is 14.2 Å². The van der Waals surface area contributed by atoms with Crippen LogP contribution in [-0.4, -0.2) is 14.2 Å². The van der Waals surface area contributed by atoms with Gasteiger partial charge in [-0.05, 0) is 22.9 Å². The number of rotatable bonds is 2. The Morgan fingerprint density at radius 2 is 1.65 bits per heavy atom. The third-order valence-electron chi connectivity index (χ3n) is 3.38. The largest absolute Gasteiger partial charge is 0.496 e. The van der Waals surface area contributed by atoms with E-state index in [4.69, 9.17) is 14.2 Å². The van der Waals surface area contributed by atoms with Crippen LogP contribution < -0.4 is 9.47 Å². The highest BCUT2D eigenvalue weighted by Gasteiger charge is 2.40. The van der Waals surface area contributed by atoms with E-state index in [1.807, 2.05) is 6.92 Å². The first kappa shape index (κ1) is 11.1. The van der Waals surface area contributed by atoms with Crippen molar-refractivity contribution in [1.82, 2.24) is 0 Å². The average Bonchev–Trinajstić information content (AvgIpc) is 2.90. The Labute approximate surface area is 108 Å². The van der Waals surface area contributed by atoms with Crippen molar-refractivity contribution in [3.8, 4) is 11.5 Å². The van der Waals surface area contributed by atoms with E-state index < -0.39 is 0 Å². The van der Waals surface area contributed by atoms with Crippen molar-refractivity contribution in [1.29, 1.82) is 0 Å². The number of methoxy groups -OCH3 is 2. The molecule has 0 aliphatic carbocycles. The second kappa shape index (κ2) is 3.75. The first-order valence-electron chi connectivity index (χ1n) is 5.46. The van der Waals surface area contributed by atoms with E-state index in [1.54, 1.807) is 14.2 Å². The number of halogens is 1. The zero-order valence-electron chi connectivity index (χ0n) is 9.91. The van der Waals surface area contributed by atoms with Gasteiger partial charge in [0.2, 0.25) is 0 Å². The lowest BCUT2D eigenvalue weighted by molar-refractivity contribution is 0.0867. The molecule has 4 heteroatoms. The van der Waals surface area contributed by atoms with E-state index in [2.05, 4.69) is 28.1 Å². The van der Waals surface area contributed by atoms with Crippen LogP contribution in [0.25, 0.3) is 0 Å². The molecule has 0 fully saturated rings. The fraction of sp³-hybridized carbons (Fsp3) is 0.385. The van der Waals surface area contributed by atoms with E-state index in [0.29, 0.717) is 0 Å². The normalized spacial score (nSPS) is 24.0. The Kier molecular flexibility index (Phi) is 2.45. The Hall–Kier alpha value is -1.00. The first-order chi connectivity index (χ1) is 8.19. The highest BCUT2D eigenvalue weighted by molar-refractivity contribution is 9.10. The van der Waals surface area contributed by atoms with Crippen LogP contribution in [0.15, 0.2) is 16.6 Å². The van der Waals surface area contributed by atoms with Crippen molar-refractivity contribution >= 4 is 15.9 Å². The molecule has 17 heavy (non-hydrogen) atoms. The van der Waals surface area contributed by atoms with Gasteiger partial charge in [0.1, 0.15) is 23.7 Å². The summed E-state index contributed by atoms with van der Waals surface area (Å²) in [6.07, 6.45) is 4.19. The van der Waals surface area contributed by atoms with Gasteiger partial charge in [-0.3, -0.25) is 0 Å². The van der Waals surface area contributed by atoms with E-state index in [-0.39, 0.29) is 12.2 Å². The summed E-state index contributed by atoms with van der Waals surface area (Å²) >= 11 is 3.61. The summed E-state index contributed by atoms with van der Waals surface area (Å²) in [6.45, 7) is 2.00. The molecule has 2 bridgehead atoms. The predicted molar refractivity (Wildman–Crippen MR) is 67.7 cm³/mol. The zero-order chi connectivity index (χ0) is 12.2. The van der Waals surface area contributed by atoms with Crippen molar-refractivity contribution in [3.63, 3.8) is 0 Å². The summed E-state index contributed by atoms with van der Waals surface area (Å²) in [5.41, 5.74) is 3.27. The molecule has 0 radical (unpaired) electrons. The Morgan fingerprint density at radius 3 is 2.24 bits per heavy atom. The van der Waals surface area contributed by atoms with E-state index >= 15 is 0 Å². The van der Waals surface area contributed by atoms with Crippen LogP contribution in [0, 0.1) is 6.92 Å². The highest BCUT2D eigenvalue weighted by Crippen LogP contribution is 2.56. The summed E-state index contributed by atoms with van der Waals surface area (Å²) in [7, 11) is 3.36. The maximum Gasteiger partial charge on any atom is 0.140 e. The number of fused-ring (bicyclic) bond motifs is 5. The molecule has 0 spiro atoms. The van der Waals surface area contributed by atoms with Gasteiger partial charge >= 0.3 is 0 Å². The topological polar surface area (TPSA) is 27.7 Å². The summed E-state index contributed by atoms with van der Waals surface area (Å²) in [5.74, 6) is 1.70. The Morgan fingerprint density at radius 1 is 1.06 bits per heavy atom. The minimum absolute atomic E-state index is 0.0193. The smallest absolute Gasteiger partial charge is 0.140 e. The molecule has 2 heterocycles. The van der Waals surface area contributed by atoms with Crippen LogP contribution in [0.3, 0.4) is 0 Å². The molecule has 2 unspecified atom stereocenters. The lowest BCUT2D eigenvalue weighted by atomic mass is 9.93. The molecule has 3 rings (SSSR count). The molecule has 1 aromatic rings. The lowest BCUT2D eigenvalue weighted by Gasteiger charge is -2.19. The van der Waals surface area contributed by atoms with Gasteiger partial charge in [-0.25, -0.2) is 0 Å². The Bertz CT molecular complexity index is 522. The molecule has 0 amide bonds. The molecule has 0 saturated heterocycles. The van der Waals surface area contributed by atoms with Gasteiger partial charge in [-0.15, -0.1) is 0 Å². The molecular formula is C13H13BrO3. The molecule has 1 aromatic carbocycles. The molecule has 0 aromatic heterocycles. The van der Waals surface area contributed by atoms with Crippen molar-refractivity contribution in [2.45, 2.75) is 19.1 Å². The average molecular weight is 297 g/mol. The maximum absolute atomic E-state index is 5.84. The zero-order valence-corrected chi connectivity index (χ0v) is 11.5. The monoisotopic (exact) mass is 296 g/mol. The molecule has 0 saturated carbocycles. The predicted octanol–water partition coefficient (Wildman–Crippen LogP) is 3.46. The van der Waals surface area contributed by atoms with Gasteiger partial charge in [-0.1, -0.05) is 12.2 Å². The standard InChI is InChI=1S/C13H13BrO3/c1-6-12(15-2)10-8-5-4-7(17-8)9(10)11(14)13(6)16-3/h4-5,7-8H,1-3H3. The van der Waals surface area contributed by atoms with Gasteiger partial charge in [0, 0.05) is 16.7 Å². The third-order valence-corrected chi connectivity index (χ3v) is 4.17.